The van der Waals surface area contributed by atoms with Gasteiger partial charge in [0.05, 0.1) is 21.2 Å². The largest absolute Gasteiger partial charge is 0.416 e. The average molecular weight is 349 g/mol. The lowest BCUT2D eigenvalue weighted by molar-refractivity contribution is -0.384. The first kappa shape index (κ1) is 16.7. The standard InChI is InChI=1S/C12H8ClF3N4O3/c1-6(21)17-11-10(20(22)23)5-19(18-11)9-3-2-7(4-8(9)13)12(14,15)16/h2-5H,1H3,(H,17,18,21). The van der Waals surface area contributed by atoms with Gasteiger partial charge in [-0.15, -0.1) is 5.10 Å². The third-order valence-corrected chi connectivity index (χ3v) is 3.01. The molecule has 0 bridgehead atoms. The summed E-state index contributed by atoms with van der Waals surface area (Å²) in [5.41, 5.74) is -1.48. The second-order valence-electron chi connectivity index (χ2n) is 4.41. The molecule has 0 spiro atoms. The Morgan fingerprint density at radius 1 is 1.43 bits per heavy atom. The van der Waals surface area contributed by atoms with Crippen LogP contribution in [0.1, 0.15) is 12.5 Å². The van der Waals surface area contributed by atoms with Gasteiger partial charge in [0.15, 0.2) is 0 Å². The predicted octanol–water partition coefficient (Wildman–Crippen LogP) is 3.41. The summed E-state index contributed by atoms with van der Waals surface area (Å²) in [6, 6.07) is 2.48. The smallest absolute Gasteiger partial charge is 0.304 e. The molecule has 0 aliphatic rings. The maximum absolute atomic E-state index is 12.6. The van der Waals surface area contributed by atoms with Gasteiger partial charge in [-0.05, 0) is 18.2 Å². The number of hydrogen-bond acceptors (Lipinski definition) is 4. The first-order chi connectivity index (χ1) is 10.6. The topological polar surface area (TPSA) is 90.1 Å². The van der Waals surface area contributed by atoms with Crippen molar-refractivity contribution in [2.24, 2.45) is 0 Å². The molecule has 0 radical (unpaired) electrons. The summed E-state index contributed by atoms with van der Waals surface area (Å²) in [6.45, 7) is 1.13. The summed E-state index contributed by atoms with van der Waals surface area (Å²) in [7, 11) is 0. The Hall–Kier alpha value is -2.62. The molecular formula is C12H8ClF3N4O3. The minimum Gasteiger partial charge on any atom is -0.304 e. The fourth-order valence-electron chi connectivity index (χ4n) is 1.75. The lowest BCUT2D eigenvalue weighted by atomic mass is 10.2. The Bertz CT molecular complexity index is 788. The van der Waals surface area contributed by atoms with Crippen molar-refractivity contribution in [3.8, 4) is 5.69 Å². The van der Waals surface area contributed by atoms with Crippen molar-refractivity contribution in [3.05, 3.63) is 45.1 Å². The van der Waals surface area contributed by atoms with Gasteiger partial charge < -0.3 is 5.32 Å². The fraction of sp³-hybridized carbons (Fsp3) is 0.167. The van der Waals surface area contributed by atoms with Crippen LogP contribution in [0, 0.1) is 10.1 Å². The molecule has 23 heavy (non-hydrogen) atoms. The van der Waals surface area contributed by atoms with Gasteiger partial charge in [0.25, 0.3) is 0 Å². The van der Waals surface area contributed by atoms with E-state index < -0.39 is 28.3 Å². The maximum atomic E-state index is 12.6. The molecule has 1 N–H and O–H groups in total. The molecule has 1 heterocycles. The summed E-state index contributed by atoms with van der Waals surface area (Å²) in [5, 5.41) is 16.6. The fourth-order valence-corrected chi connectivity index (χ4v) is 2.01. The highest BCUT2D eigenvalue weighted by Gasteiger charge is 2.31. The van der Waals surface area contributed by atoms with Crippen molar-refractivity contribution in [1.29, 1.82) is 0 Å². The third kappa shape index (κ3) is 3.59. The summed E-state index contributed by atoms with van der Waals surface area (Å²) < 4.78 is 38.7. The van der Waals surface area contributed by atoms with Crippen LogP contribution in [0.2, 0.25) is 5.02 Å². The van der Waals surface area contributed by atoms with Gasteiger partial charge in [0.2, 0.25) is 11.7 Å². The van der Waals surface area contributed by atoms with Crippen LogP contribution in [-0.4, -0.2) is 20.6 Å². The van der Waals surface area contributed by atoms with Crippen LogP contribution >= 0.6 is 11.6 Å². The minimum absolute atomic E-state index is 0.000585. The van der Waals surface area contributed by atoms with Crippen molar-refractivity contribution in [2.45, 2.75) is 13.1 Å². The van der Waals surface area contributed by atoms with Crippen molar-refractivity contribution < 1.29 is 22.9 Å². The summed E-state index contributed by atoms with van der Waals surface area (Å²) in [5.74, 6) is -0.921. The normalized spacial score (nSPS) is 11.3. The quantitative estimate of drug-likeness (QED) is 0.679. The van der Waals surface area contributed by atoms with Gasteiger partial charge in [0, 0.05) is 6.92 Å². The lowest BCUT2D eigenvalue weighted by Crippen LogP contribution is -2.08. The number of hydrogen-bond donors (Lipinski definition) is 1. The number of nitrogens with zero attached hydrogens (tertiary/aromatic N) is 3. The number of halogens is 4. The average Bonchev–Trinajstić information content (AvgIpc) is 2.80. The molecule has 0 fully saturated rings. The number of aromatic nitrogens is 2. The van der Waals surface area contributed by atoms with E-state index in [1.807, 2.05) is 0 Å². The van der Waals surface area contributed by atoms with Crippen LogP contribution in [0.15, 0.2) is 24.4 Å². The second kappa shape index (κ2) is 5.88. The highest BCUT2D eigenvalue weighted by molar-refractivity contribution is 6.32. The first-order valence-electron chi connectivity index (χ1n) is 5.98. The Morgan fingerprint density at radius 2 is 2.09 bits per heavy atom. The molecular weight excluding hydrogens is 341 g/mol. The van der Waals surface area contributed by atoms with Crippen LogP contribution in [0.25, 0.3) is 5.69 Å². The van der Waals surface area contributed by atoms with E-state index in [1.165, 1.54) is 0 Å². The number of rotatable bonds is 3. The van der Waals surface area contributed by atoms with Crippen molar-refractivity contribution in [2.75, 3.05) is 5.32 Å². The Kier molecular flexibility index (Phi) is 4.28. The molecule has 7 nitrogen and oxygen atoms in total. The van der Waals surface area contributed by atoms with E-state index in [0.717, 1.165) is 29.9 Å². The number of nitro groups is 1. The highest BCUT2D eigenvalue weighted by Crippen LogP contribution is 2.34. The SMILES string of the molecule is CC(=O)Nc1nn(-c2ccc(C(F)(F)F)cc2Cl)cc1[N+](=O)[O-]. The first-order valence-corrected chi connectivity index (χ1v) is 6.36. The molecule has 11 heteroatoms. The van der Waals surface area contributed by atoms with E-state index >= 15 is 0 Å². The molecule has 0 unspecified atom stereocenters. The zero-order valence-corrected chi connectivity index (χ0v) is 12.1. The van der Waals surface area contributed by atoms with E-state index in [0.29, 0.717) is 6.07 Å². The van der Waals surface area contributed by atoms with Crippen LogP contribution in [0.5, 0.6) is 0 Å². The molecule has 122 valence electrons. The zero-order valence-electron chi connectivity index (χ0n) is 11.4. The third-order valence-electron chi connectivity index (χ3n) is 2.71. The van der Waals surface area contributed by atoms with E-state index in [9.17, 15) is 28.1 Å². The number of alkyl halides is 3. The van der Waals surface area contributed by atoms with E-state index in [1.54, 1.807) is 0 Å². The van der Waals surface area contributed by atoms with Crippen LogP contribution in [-0.2, 0) is 11.0 Å². The van der Waals surface area contributed by atoms with E-state index in [2.05, 4.69) is 10.4 Å². The summed E-state index contributed by atoms with van der Waals surface area (Å²) in [6.07, 6.45) is -3.63. The molecule has 0 atom stereocenters. The number of amides is 1. The van der Waals surface area contributed by atoms with Crippen LogP contribution in [0.4, 0.5) is 24.7 Å². The Labute approximate surface area is 131 Å². The molecule has 2 aromatic rings. The monoisotopic (exact) mass is 348 g/mol. The Balaban J connectivity index is 2.50. The second-order valence-corrected chi connectivity index (χ2v) is 4.82. The Morgan fingerprint density at radius 3 is 2.57 bits per heavy atom. The van der Waals surface area contributed by atoms with Crippen LogP contribution < -0.4 is 5.32 Å². The number of benzene rings is 1. The predicted molar refractivity (Wildman–Crippen MR) is 74.5 cm³/mol. The number of anilines is 1. The summed E-state index contributed by atoms with van der Waals surface area (Å²) in [4.78, 5) is 21.2. The van der Waals surface area contributed by atoms with Crippen molar-refractivity contribution in [1.82, 2.24) is 9.78 Å². The van der Waals surface area contributed by atoms with Crippen molar-refractivity contribution in [3.63, 3.8) is 0 Å². The molecule has 0 aliphatic carbocycles. The lowest BCUT2D eigenvalue weighted by Gasteiger charge is -2.09. The molecule has 0 saturated heterocycles. The van der Waals surface area contributed by atoms with Gasteiger partial charge in [-0.2, -0.15) is 13.2 Å². The number of carbonyl (C=O) groups excluding carboxylic acids is 1. The number of carbonyl (C=O) groups is 1. The summed E-state index contributed by atoms with van der Waals surface area (Å²) >= 11 is 5.80. The molecule has 1 aromatic carbocycles. The molecule has 2 rings (SSSR count). The van der Waals surface area contributed by atoms with Gasteiger partial charge in [-0.25, -0.2) is 4.68 Å². The van der Waals surface area contributed by atoms with Gasteiger partial charge in [-0.1, -0.05) is 11.6 Å². The maximum Gasteiger partial charge on any atom is 0.416 e. The van der Waals surface area contributed by atoms with Gasteiger partial charge in [0.1, 0.15) is 6.20 Å². The minimum atomic E-state index is -4.57. The number of nitrogens with one attached hydrogen (secondary N) is 1. The highest BCUT2D eigenvalue weighted by atomic mass is 35.5. The molecule has 1 amide bonds. The van der Waals surface area contributed by atoms with Gasteiger partial charge >= 0.3 is 11.9 Å². The zero-order chi connectivity index (χ0) is 17.4. The van der Waals surface area contributed by atoms with E-state index in [-0.39, 0.29) is 16.5 Å². The van der Waals surface area contributed by atoms with Gasteiger partial charge in [-0.3, -0.25) is 14.9 Å². The molecule has 0 saturated carbocycles. The van der Waals surface area contributed by atoms with Crippen LogP contribution in [0.3, 0.4) is 0 Å². The van der Waals surface area contributed by atoms with Crippen molar-refractivity contribution >= 4 is 29.0 Å². The van der Waals surface area contributed by atoms with E-state index in [4.69, 9.17) is 11.6 Å². The molecule has 1 aromatic heterocycles. The molecule has 0 aliphatic heterocycles.